The summed E-state index contributed by atoms with van der Waals surface area (Å²) in [5.74, 6) is 0.298. The van der Waals surface area contributed by atoms with Crippen LogP contribution in [0.1, 0.15) is 78.1 Å². The summed E-state index contributed by atoms with van der Waals surface area (Å²) in [6.45, 7) is 4.46. The molecule has 2 fully saturated rings. The highest BCUT2D eigenvalue weighted by Crippen LogP contribution is 2.27. The van der Waals surface area contributed by atoms with Crippen molar-refractivity contribution in [2.75, 3.05) is 23.5 Å². The highest BCUT2D eigenvalue weighted by Gasteiger charge is 2.37. The Labute approximate surface area is 167 Å². The van der Waals surface area contributed by atoms with E-state index in [9.17, 15) is 4.79 Å². The number of carbonyl (C=O) groups is 1. The first-order valence-electron chi connectivity index (χ1n) is 10.9. The van der Waals surface area contributed by atoms with Crippen LogP contribution in [0.5, 0.6) is 0 Å². The summed E-state index contributed by atoms with van der Waals surface area (Å²) in [5.41, 5.74) is 0. The van der Waals surface area contributed by atoms with Gasteiger partial charge in [-0.1, -0.05) is 38.5 Å². The van der Waals surface area contributed by atoms with Crippen molar-refractivity contribution in [1.29, 1.82) is 0 Å². The number of amides is 1. The van der Waals surface area contributed by atoms with Crippen molar-refractivity contribution in [3.63, 3.8) is 0 Å². The van der Waals surface area contributed by atoms with E-state index in [1.807, 2.05) is 18.6 Å². The molecule has 0 saturated heterocycles. The Balaban J connectivity index is 1.59. The molecule has 1 N–H and O–H groups in total. The predicted octanol–water partition coefficient (Wildman–Crippen LogP) is 3.54. The van der Waals surface area contributed by atoms with Crippen molar-refractivity contribution in [2.24, 2.45) is 0 Å². The Morgan fingerprint density at radius 2 is 1.75 bits per heavy atom. The van der Waals surface area contributed by atoms with Crippen LogP contribution < -0.4 is 15.1 Å². The van der Waals surface area contributed by atoms with Crippen LogP contribution in [-0.4, -0.2) is 42.8 Å². The second-order valence-electron chi connectivity index (χ2n) is 8.13. The third-order valence-corrected chi connectivity index (χ3v) is 5.58. The second-order valence-corrected chi connectivity index (χ2v) is 8.13. The fraction of sp³-hybridized carbons (Fsp3) is 0.850. The lowest BCUT2D eigenvalue weighted by Gasteiger charge is -2.35. The zero-order valence-electron chi connectivity index (χ0n) is 17.3. The summed E-state index contributed by atoms with van der Waals surface area (Å²) in [6.07, 6.45) is 13.8. The minimum atomic E-state index is -0.558. The third-order valence-electron chi connectivity index (χ3n) is 5.58. The molecule has 0 aromatic carbocycles. The number of ether oxygens (including phenoxy) is 2. The number of nitrogens with one attached hydrogen (secondary N) is 1. The van der Waals surface area contributed by atoms with Crippen molar-refractivity contribution < 1.29 is 23.6 Å². The number of aromatic nitrogens is 2. The Bertz CT molecular complexity index is 577. The Hall–Kier alpha value is -1.83. The summed E-state index contributed by atoms with van der Waals surface area (Å²) >= 11 is 0. The third kappa shape index (κ3) is 6.09. The Morgan fingerprint density at radius 3 is 2.32 bits per heavy atom. The number of carbonyl (C=O) groups excluding carboxylic acids is 1. The highest BCUT2D eigenvalue weighted by atomic mass is 16.6. The van der Waals surface area contributed by atoms with Gasteiger partial charge in [0.25, 0.3) is 6.20 Å². The lowest BCUT2D eigenvalue weighted by molar-refractivity contribution is -0.766. The molecule has 0 bridgehead atoms. The molecule has 2 saturated carbocycles. The molecule has 28 heavy (non-hydrogen) atoms. The van der Waals surface area contributed by atoms with Crippen LogP contribution >= 0.6 is 0 Å². The topological polar surface area (TPSA) is 80.7 Å². The maximum absolute atomic E-state index is 11.9. The van der Waals surface area contributed by atoms with Crippen LogP contribution in [0.4, 0.5) is 10.7 Å². The van der Waals surface area contributed by atoms with Gasteiger partial charge in [0.05, 0.1) is 29.6 Å². The van der Waals surface area contributed by atoms with E-state index in [0.29, 0.717) is 24.6 Å². The molecule has 1 amide bonds. The normalized spacial score (nSPS) is 19.0. The van der Waals surface area contributed by atoms with Crippen molar-refractivity contribution >= 4 is 12.0 Å². The Morgan fingerprint density at radius 1 is 1.14 bits per heavy atom. The van der Waals surface area contributed by atoms with Crippen LogP contribution in [-0.2, 0) is 9.47 Å². The van der Waals surface area contributed by atoms with E-state index in [2.05, 4.69) is 15.6 Å². The number of nitrogens with zero attached hydrogens (tertiary/aromatic N) is 3. The van der Waals surface area contributed by atoms with Gasteiger partial charge in [0.2, 0.25) is 5.27 Å². The number of hydrogen-bond donors (Lipinski definition) is 1. The molecule has 1 heterocycles. The van der Waals surface area contributed by atoms with Gasteiger partial charge in [0.1, 0.15) is 6.61 Å². The lowest BCUT2D eigenvalue weighted by Crippen LogP contribution is -2.68. The fourth-order valence-corrected chi connectivity index (χ4v) is 4.28. The van der Waals surface area contributed by atoms with E-state index < -0.39 is 6.09 Å². The average Bonchev–Trinajstić information content (AvgIpc) is 3.15. The molecule has 2 aliphatic carbocycles. The van der Waals surface area contributed by atoms with Crippen molar-refractivity contribution in [3.8, 4) is 0 Å². The first-order chi connectivity index (χ1) is 13.6. The number of anilines is 1. The molecule has 1 aromatic heterocycles. The first kappa shape index (κ1) is 20.9. The van der Waals surface area contributed by atoms with Crippen LogP contribution in [0, 0.1) is 0 Å². The lowest BCUT2D eigenvalue weighted by atomic mass is 9.90. The summed E-state index contributed by atoms with van der Waals surface area (Å²) in [7, 11) is 0. The van der Waals surface area contributed by atoms with Gasteiger partial charge < -0.3 is 9.47 Å². The molecule has 0 atom stereocenters. The molecule has 1 aromatic rings. The summed E-state index contributed by atoms with van der Waals surface area (Å²) in [4.78, 5) is 13.7. The van der Waals surface area contributed by atoms with Crippen molar-refractivity contribution in [1.82, 2.24) is 5.27 Å². The quantitative estimate of drug-likeness (QED) is 0.536. The average molecular weight is 396 g/mol. The van der Waals surface area contributed by atoms with Gasteiger partial charge in [-0.05, 0) is 39.5 Å². The molecule has 8 heteroatoms. The molecular weight excluding hydrogens is 360 g/mol. The number of rotatable bonds is 8. The summed E-state index contributed by atoms with van der Waals surface area (Å²) < 4.78 is 15.8. The smallest absolute Gasteiger partial charge is 0.414 e. The van der Waals surface area contributed by atoms with E-state index in [1.54, 1.807) is 6.20 Å². The van der Waals surface area contributed by atoms with Gasteiger partial charge in [0.15, 0.2) is 0 Å². The van der Waals surface area contributed by atoms with Crippen LogP contribution in [0.3, 0.4) is 0 Å². The highest BCUT2D eigenvalue weighted by molar-refractivity contribution is 5.82. The van der Waals surface area contributed by atoms with Gasteiger partial charge in [-0.15, -0.1) is 5.01 Å². The predicted molar refractivity (Wildman–Crippen MR) is 105 cm³/mol. The van der Waals surface area contributed by atoms with Crippen LogP contribution in [0.2, 0.25) is 0 Å². The molecule has 3 rings (SSSR count). The molecule has 158 valence electrons. The summed E-state index contributed by atoms with van der Waals surface area (Å²) in [6, 6.07) is 0.972. The zero-order chi connectivity index (χ0) is 19.8. The van der Waals surface area contributed by atoms with E-state index >= 15 is 0 Å². The van der Waals surface area contributed by atoms with Gasteiger partial charge in [0, 0.05) is 0 Å². The van der Waals surface area contributed by atoms with E-state index in [1.165, 1.54) is 64.2 Å². The summed E-state index contributed by atoms with van der Waals surface area (Å²) in [5, 5.41) is 9.23. The van der Waals surface area contributed by atoms with Gasteiger partial charge in [-0.25, -0.2) is 4.79 Å². The standard InChI is InChI=1S/C20H34N4O4/c1-16(2)26-13-14-27-20(25)21-19-15-23(22-28-19)24(17-9-5-3-6-10-17)18-11-7-4-8-12-18/h15-18H,3-14H2,1-2H3/p+1. The number of hydrogen-bond acceptors (Lipinski definition) is 6. The zero-order valence-corrected chi connectivity index (χ0v) is 17.3. The molecule has 0 aliphatic heterocycles. The van der Waals surface area contributed by atoms with E-state index in [-0.39, 0.29) is 12.7 Å². The Kier molecular flexibility index (Phi) is 7.94. The SMILES string of the molecule is CC(C)OCCOC(=O)Nc1c[n+](N(C2CCCCC2)C2CCCCC2)no1. The van der Waals surface area contributed by atoms with Crippen LogP contribution in [0.25, 0.3) is 0 Å². The first-order valence-corrected chi connectivity index (χ1v) is 10.9. The maximum Gasteiger partial charge on any atom is 0.414 e. The molecule has 0 unspecified atom stereocenters. The maximum atomic E-state index is 11.9. The minimum absolute atomic E-state index is 0.116. The fourth-order valence-electron chi connectivity index (χ4n) is 4.28. The largest absolute Gasteiger partial charge is 0.447 e. The molecule has 0 radical (unpaired) electrons. The minimum Gasteiger partial charge on any atom is -0.447 e. The molecule has 8 nitrogen and oxygen atoms in total. The van der Waals surface area contributed by atoms with Gasteiger partial charge in [-0.3, -0.25) is 9.84 Å². The van der Waals surface area contributed by atoms with E-state index in [4.69, 9.17) is 14.0 Å². The second kappa shape index (κ2) is 10.6. The molecular formula is C20H35N4O4+. The van der Waals surface area contributed by atoms with Gasteiger partial charge >= 0.3 is 12.0 Å². The van der Waals surface area contributed by atoms with Gasteiger partial charge in [-0.2, -0.15) is 0 Å². The molecule has 2 aliphatic rings. The van der Waals surface area contributed by atoms with Crippen molar-refractivity contribution in [2.45, 2.75) is 96.2 Å². The van der Waals surface area contributed by atoms with Crippen LogP contribution in [0.15, 0.2) is 10.7 Å². The van der Waals surface area contributed by atoms with E-state index in [0.717, 1.165) is 0 Å². The van der Waals surface area contributed by atoms with Crippen molar-refractivity contribution in [3.05, 3.63) is 6.20 Å². The monoisotopic (exact) mass is 395 g/mol. The molecule has 0 spiro atoms.